The van der Waals surface area contributed by atoms with Crippen LogP contribution in [-0.2, 0) is 0 Å². The van der Waals surface area contributed by atoms with Crippen LogP contribution in [0.25, 0.3) is 0 Å². The Morgan fingerprint density at radius 2 is 2.00 bits per heavy atom. The van der Waals surface area contributed by atoms with E-state index < -0.39 is 0 Å². The lowest BCUT2D eigenvalue weighted by atomic mass is 9.96. The van der Waals surface area contributed by atoms with Gasteiger partial charge in [-0.15, -0.1) is 0 Å². The minimum atomic E-state index is -0.169. The van der Waals surface area contributed by atoms with Crippen molar-refractivity contribution in [1.29, 1.82) is 0 Å². The number of nitrogens with zero attached hydrogens (tertiary/aromatic N) is 1. The Bertz CT molecular complexity index is 645. The summed E-state index contributed by atoms with van der Waals surface area (Å²) in [5.41, 5.74) is 1.00. The summed E-state index contributed by atoms with van der Waals surface area (Å²) < 4.78 is 6.20. The number of aromatic nitrogens is 1. The summed E-state index contributed by atoms with van der Waals surface area (Å²) >= 11 is 18.6. The molecule has 1 saturated heterocycles. The second kappa shape index (κ2) is 7.05. The first-order valence-corrected chi connectivity index (χ1v) is 8.21. The standard InChI is InChI=1S/C16H15Cl3N2O/c17-12-3-4-13(18)16(14(12)19)22-15(11-5-7-21-9-11)10-2-1-6-20-8-10/h1-4,6,8,11,15,21H,5,7,9H2/t11?,15-/m1/s1. The van der Waals surface area contributed by atoms with Gasteiger partial charge in [-0.05, 0) is 31.2 Å². The van der Waals surface area contributed by atoms with Crippen molar-refractivity contribution in [3.63, 3.8) is 0 Å². The van der Waals surface area contributed by atoms with Crippen molar-refractivity contribution < 1.29 is 4.74 Å². The zero-order chi connectivity index (χ0) is 15.5. The Labute approximate surface area is 144 Å². The first-order chi connectivity index (χ1) is 10.7. The molecule has 116 valence electrons. The van der Waals surface area contributed by atoms with Crippen LogP contribution in [0.3, 0.4) is 0 Å². The summed E-state index contributed by atoms with van der Waals surface area (Å²) in [7, 11) is 0. The molecule has 0 spiro atoms. The number of hydrogen-bond donors (Lipinski definition) is 1. The third kappa shape index (κ3) is 3.33. The average molecular weight is 358 g/mol. The Morgan fingerprint density at radius 1 is 1.18 bits per heavy atom. The third-order valence-corrected chi connectivity index (χ3v) is 4.87. The lowest BCUT2D eigenvalue weighted by molar-refractivity contribution is 0.144. The monoisotopic (exact) mass is 356 g/mol. The molecule has 2 aromatic rings. The second-order valence-electron chi connectivity index (χ2n) is 5.25. The molecule has 0 amide bonds. The number of pyridine rings is 1. The van der Waals surface area contributed by atoms with Gasteiger partial charge in [-0.2, -0.15) is 0 Å². The van der Waals surface area contributed by atoms with E-state index >= 15 is 0 Å². The molecule has 0 radical (unpaired) electrons. The van der Waals surface area contributed by atoms with Gasteiger partial charge in [-0.25, -0.2) is 0 Å². The zero-order valence-corrected chi connectivity index (χ0v) is 14.0. The van der Waals surface area contributed by atoms with Gasteiger partial charge in [0.15, 0.2) is 5.75 Å². The molecule has 1 aliphatic rings. The van der Waals surface area contributed by atoms with Crippen LogP contribution in [0.5, 0.6) is 5.75 Å². The second-order valence-corrected chi connectivity index (χ2v) is 6.44. The Morgan fingerprint density at radius 3 is 2.68 bits per heavy atom. The topological polar surface area (TPSA) is 34.1 Å². The number of halogens is 3. The third-order valence-electron chi connectivity index (χ3n) is 3.79. The molecule has 3 nitrogen and oxygen atoms in total. The van der Waals surface area contributed by atoms with Crippen LogP contribution in [-0.4, -0.2) is 18.1 Å². The van der Waals surface area contributed by atoms with E-state index in [9.17, 15) is 0 Å². The highest BCUT2D eigenvalue weighted by Gasteiger charge is 2.29. The number of hydrogen-bond acceptors (Lipinski definition) is 3. The van der Waals surface area contributed by atoms with Crippen molar-refractivity contribution in [3.05, 3.63) is 57.3 Å². The van der Waals surface area contributed by atoms with Crippen molar-refractivity contribution in [2.45, 2.75) is 12.5 Å². The summed E-state index contributed by atoms with van der Waals surface area (Å²) in [5, 5.41) is 4.58. The van der Waals surface area contributed by atoms with E-state index in [1.165, 1.54) is 0 Å². The predicted octanol–water partition coefficient (Wildman–Crippen LogP) is 4.77. The van der Waals surface area contributed by atoms with E-state index in [4.69, 9.17) is 39.5 Å². The highest BCUT2D eigenvalue weighted by atomic mass is 35.5. The minimum Gasteiger partial charge on any atom is -0.482 e. The minimum absolute atomic E-state index is 0.169. The van der Waals surface area contributed by atoms with Gasteiger partial charge in [0.2, 0.25) is 0 Å². The number of rotatable bonds is 4. The molecule has 2 heterocycles. The maximum Gasteiger partial charge on any atom is 0.158 e. The van der Waals surface area contributed by atoms with Gasteiger partial charge < -0.3 is 10.1 Å². The van der Waals surface area contributed by atoms with E-state index in [1.807, 2.05) is 18.3 Å². The largest absolute Gasteiger partial charge is 0.482 e. The molecule has 3 rings (SSSR count). The molecule has 22 heavy (non-hydrogen) atoms. The zero-order valence-electron chi connectivity index (χ0n) is 11.7. The summed E-state index contributed by atoms with van der Waals surface area (Å²) in [6, 6.07) is 7.26. The van der Waals surface area contributed by atoms with E-state index in [2.05, 4.69) is 10.3 Å². The van der Waals surface area contributed by atoms with E-state index in [-0.39, 0.29) is 6.10 Å². The summed E-state index contributed by atoms with van der Waals surface area (Å²) in [6.07, 6.45) is 4.41. The molecule has 1 unspecified atom stereocenters. The molecule has 1 fully saturated rings. The lowest BCUT2D eigenvalue weighted by Crippen LogP contribution is -2.21. The highest BCUT2D eigenvalue weighted by molar-refractivity contribution is 6.44. The van der Waals surface area contributed by atoms with E-state index in [0.717, 1.165) is 25.1 Å². The quantitative estimate of drug-likeness (QED) is 0.800. The molecule has 1 N–H and O–H groups in total. The van der Waals surface area contributed by atoms with Gasteiger partial charge in [0.1, 0.15) is 11.1 Å². The fourth-order valence-electron chi connectivity index (χ4n) is 2.66. The molecular formula is C16H15Cl3N2O. The normalized spacial score (nSPS) is 19.1. The van der Waals surface area contributed by atoms with Gasteiger partial charge in [0.25, 0.3) is 0 Å². The summed E-state index contributed by atoms with van der Waals surface area (Å²) in [4.78, 5) is 4.19. The number of benzene rings is 1. The fraction of sp³-hybridized carbons (Fsp3) is 0.312. The Hall–Kier alpha value is -1.00. The Balaban J connectivity index is 1.95. The molecule has 1 aliphatic heterocycles. The number of ether oxygens (including phenoxy) is 1. The molecule has 1 aromatic heterocycles. The Kier molecular flexibility index (Phi) is 5.09. The van der Waals surface area contributed by atoms with E-state index in [0.29, 0.717) is 26.7 Å². The molecule has 0 aliphatic carbocycles. The molecule has 0 bridgehead atoms. The van der Waals surface area contributed by atoms with E-state index in [1.54, 1.807) is 18.3 Å². The fourth-order valence-corrected chi connectivity index (χ4v) is 3.27. The van der Waals surface area contributed by atoms with Crippen LogP contribution in [0.2, 0.25) is 15.1 Å². The molecule has 6 heteroatoms. The van der Waals surface area contributed by atoms with Crippen molar-refractivity contribution in [3.8, 4) is 5.75 Å². The van der Waals surface area contributed by atoms with Gasteiger partial charge in [-0.1, -0.05) is 40.9 Å². The van der Waals surface area contributed by atoms with Crippen molar-refractivity contribution in [2.24, 2.45) is 5.92 Å². The van der Waals surface area contributed by atoms with Crippen LogP contribution >= 0.6 is 34.8 Å². The van der Waals surface area contributed by atoms with Crippen molar-refractivity contribution >= 4 is 34.8 Å². The maximum atomic E-state index is 6.26. The molecule has 0 saturated carbocycles. The summed E-state index contributed by atoms with van der Waals surface area (Å²) in [6.45, 7) is 1.86. The van der Waals surface area contributed by atoms with Gasteiger partial charge in [-0.3, -0.25) is 4.98 Å². The van der Waals surface area contributed by atoms with Crippen LogP contribution in [0.15, 0.2) is 36.7 Å². The van der Waals surface area contributed by atoms with Crippen LogP contribution in [0, 0.1) is 5.92 Å². The molecule has 1 aromatic carbocycles. The van der Waals surface area contributed by atoms with Crippen LogP contribution in [0.4, 0.5) is 0 Å². The van der Waals surface area contributed by atoms with Gasteiger partial charge in [0.05, 0.1) is 10.0 Å². The predicted molar refractivity (Wildman–Crippen MR) is 90.1 cm³/mol. The maximum absolute atomic E-state index is 6.26. The van der Waals surface area contributed by atoms with Crippen LogP contribution in [0.1, 0.15) is 18.1 Å². The summed E-state index contributed by atoms with van der Waals surface area (Å²) in [5.74, 6) is 0.756. The SMILES string of the molecule is Clc1ccc(Cl)c(O[C@H](c2cccnc2)C2CCNC2)c1Cl. The lowest BCUT2D eigenvalue weighted by Gasteiger charge is -2.25. The first-order valence-electron chi connectivity index (χ1n) is 7.07. The van der Waals surface area contributed by atoms with Crippen molar-refractivity contribution in [2.75, 3.05) is 13.1 Å². The van der Waals surface area contributed by atoms with Crippen LogP contribution < -0.4 is 10.1 Å². The van der Waals surface area contributed by atoms with Crippen molar-refractivity contribution in [1.82, 2.24) is 10.3 Å². The average Bonchev–Trinajstić information content (AvgIpc) is 3.06. The number of nitrogens with one attached hydrogen (secondary N) is 1. The first kappa shape index (κ1) is 15.9. The van der Waals surface area contributed by atoms with Gasteiger partial charge >= 0.3 is 0 Å². The van der Waals surface area contributed by atoms with Gasteiger partial charge in [0, 0.05) is 30.4 Å². The molecule has 2 atom stereocenters. The highest BCUT2D eigenvalue weighted by Crippen LogP contribution is 2.42. The molecular weight excluding hydrogens is 343 g/mol. The smallest absolute Gasteiger partial charge is 0.158 e.